The number of hydrogen-bond donors (Lipinski definition) is 1. The second-order valence-corrected chi connectivity index (χ2v) is 8.30. The quantitative estimate of drug-likeness (QED) is 0.322. The number of carbonyl (C=O) groups is 1. The topological polar surface area (TPSA) is 81.3 Å². The molecule has 7 nitrogen and oxygen atoms in total. The first-order valence-electron chi connectivity index (χ1n) is 10.5. The second kappa shape index (κ2) is 9.78. The van der Waals surface area contributed by atoms with Gasteiger partial charge in [0.2, 0.25) is 11.7 Å². The lowest BCUT2D eigenvalue weighted by molar-refractivity contribution is -0.118. The van der Waals surface area contributed by atoms with Gasteiger partial charge in [0.1, 0.15) is 0 Å². The molecule has 0 radical (unpaired) electrons. The third-order valence-corrected chi connectivity index (χ3v) is 6.03. The van der Waals surface area contributed by atoms with Crippen LogP contribution in [0.5, 0.6) is 0 Å². The average Bonchev–Trinajstić information content (AvgIpc) is 3.23. The van der Waals surface area contributed by atoms with Gasteiger partial charge in [-0.2, -0.15) is 0 Å². The molecule has 8 heteroatoms. The van der Waals surface area contributed by atoms with Crippen LogP contribution in [0, 0.1) is 0 Å². The first kappa shape index (κ1) is 21.1. The molecule has 0 saturated carbocycles. The van der Waals surface area contributed by atoms with Crippen LogP contribution in [0.2, 0.25) is 0 Å². The van der Waals surface area contributed by atoms with Crippen molar-refractivity contribution >= 4 is 34.3 Å². The summed E-state index contributed by atoms with van der Waals surface area (Å²) in [5.41, 5.74) is 1.64. The molecule has 1 N–H and O–H groups in total. The van der Waals surface area contributed by atoms with Crippen molar-refractivity contribution in [2.24, 2.45) is 0 Å². The van der Waals surface area contributed by atoms with Gasteiger partial charge in [-0.3, -0.25) is 18.6 Å². The van der Waals surface area contributed by atoms with Gasteiger partial charge in [-0.1, -0.05) is 74.0 Å². The molecule has 0 fully saturated rings. The number of amides is 1. The number of fused-ring (bicyclic) bond motifs is 3. The van der Waals surface area contributed by atoms with Crippen LogP contribution in [0.4, 0.5) is 0 Å². The minimum atomic E-state index is -0.107. The lowest BCUT2D eigenvalue weighted by atomic mass is 10.2. The van der Waals surface area contributed by atoms with E-state index in [2.05, 4.69) is 22.4 Å². The van der Waals surface area contributed by atoms with Crippen LogP contribution < -0.4 is 10.9 Å². The van der Waals surface area contributed by atoms with Crippen molar-refractivity contribution in [1.82, 2.24) is 24.5 Å². The number of carbonyl (C=O) groups excluding carboxylic acids is 1. The monoisotopic (exact) mass is 435 g/mol. The summed E-state index contributed by atoms with van der Waals surface area (Å²) >= 11 is 1.33. The predicted octanol–water partition coefficient (Wildman–Crippen LogP) is 3.49. The summed E-state index contributed by atoms with van der Waals surface area (Å²) in [7, 11) is 0. The minimum Gasteiger partial charge on any atom is -0.355 e. The SMILES string of the molecule is CCCCCNC(=O)CSc1nnc2n(Cc3ccccc3)c(=O)c3ccccc3n12. The Balaban J connectivity index is 1.67. The van der Waals surface area contributed by atoms with Gasteiger partial charge in [0, 0.05) is 6.54 Å². The van der Waals surface area contributed by atoms with E-state index in [1.165, 1.54) is 11.8 Å². The molecular weight excluding hydrogens is 410 g/mol. The van der Waals surface area contributed by atoms with E-state index < -0.39 is 0 Å². The van der Waals surface area contributed by atoms with Crippen LogP contribution in [0.3, 0.4) is 0 Å². The third-order valence-electron chi connectivity index (χ3n) is 5.10. The van der Waals surface area contributed by atoms with Crippen molar-refractivity contribution < 1.29 is 4.79 Å². The summed E-state index contributed by atoms with van der Waals surface area (Å²) in [6.07, 6.45) is 3.21. The molecule has 0 spiro atoms. The number of para-hydroxylation sites is 1. The Labute approximate surface area is 184 Å². The van der Waals surface area contributed by atoms with E-state index in [1.54, 1.807) is 4.57 Å². The van der Waals surface area contributed by atoms with E-state index in [9.17, 15) is 9.59 Å². The van der Waals surface area contributed by atoms with Gasteiger partial charge in [0.05, 0.1) is 23.2 Å². The average molecular weight is 436 g/mol. The summed E-state index contributed by atoms with van der Waals surface area (Å²) in [6.45, 7) is 3.22. The second-order valence-electron chi connectivity index (χ2n) is 7.36. The van der Waals surface area contributed by atoms with Crippen molar-refractivity contribution in [1.29, 1.82) is 0 Å². The van der Waals surface area contributed by atoms with Crippen LogP contribution in [0.15, 0.2) is 64.5 Å². The largest absolute Gasteiger partial charge is 0.355 e. The van der Waals surface area contributed by atoms with Gasteiger partial charge in [0.15, 0.2) is 5.16 Å². The zero-order valence-electron chi connectivity index (χ0n) is 17.5. The van der Waals surface area contributed by atoms with E-state index in [0.29, 0.717) is 29.4 Å². The molecule has 160 valence electrons. The zero-order chi connectivity index (χ0) is 21.6. The number of nitrogens with zero attached hydrogens (tertiary/aromatic N) is 4. The van der Waals surface area contributed by atoms with E-state index in [4.69, 9.17) is 0 Å². The predicted molar refractivity (Wildman–Crippen MR) is 124 cm³/mol. The summed E-state index contributed by atoms with van der Waals surface area (Å²) in [5.74, 6) is 0.692. The maximum atomic E-state index is 13.2. The molecule has 0 aliphatic rings. The number of aromatic nitrogens is 4. The van der Waals surface area contributed by atoms with E-state index in [1.807, 2.05) is 59.0 Å². The zero-order valence-corrected chi connectivity index (χ0v) is 18.3. The number of rotatable bonds is 9. The van der Waals surface area contributed by atoms with Gasteiger partial charge in [-0.25, -0.2) is 0 Å². The summed E-state index contributed by atoms with van der Waals surface area (Å²) in [6, 6.07) is 17.2. The lowest BCUT2D eigenvalue weighted by Crippen LogP contribution is -2.26. The normalized spacial score (nSPS) is 11.3. The summed E-state index contributed by atoms with van der Waals surface area (Å²) in [5, 5.41) is 12.8. The molecule has 0 atom stereocenters. The van der Waals surface area contributed by atoms with E-state index in [0.717, 1.165) is 30.3 Å². The molecule has 4 aromatic rings. The van der Waals surface area contributed by atoms with Gasteiger partial charge < -0.3 is 5.32 Å². The fourth-order valence-corrected chi connectivity index (χ4v) is 4.29. The Morgan fingerprint density at radius 2 is 1.81 bits per heavy atom. The molecule has 0 aliphatic heterocycles. The number of nitrogens with one attached hydrogen (secondary N) is 1. The number of hydrogen-bond acceptors (Lipinski definition) is 5. The molecule has 0 aliphatic carbocycles. The molecule has 4 rings (SSSR count). The Morgan fingerprint density at radius 3 is 2.61 bits per heavy atom. The van der Waals surface area contributed by atoms with Crippen molar-refractivity contribution in [3.63, 3.8) is 0 Å². The van der Waals surface area contributed by atoms with Crippen molar-refractivity contribution in [2.75, 3.05) is 12.3 Å². The highest BCUT2D eigenvalue weighted by molar-refractivity contribution is 7.99. The standard InChI is InChI=1S/C23H25N5O2S/c1-2-3-9-14-24-20(29)16-31-23-26-25-22-27(15-17-10-5-4-6-11-17)21(30)18-12-7-8-13-19(18)28(22)23/h4-8,10-13H,2-3,9,14-16H2,1H3,(H,24,29). The Hall–Kier alpha value is -3.13. The molecule has 2 heterocycles. The third kappa shape index (κ3) is 4.64. The number of thioether (sulfide) groups is 1. The van der Waals surface area contributed by atoms with E-state index in [-0.39, 0.29) is 17.2 Å². The van der Waals surface area contributed by atoms with Gasteiger partial charge >= 0.3 is 0 Å². The van der Waals surface area contributed by atoms with Crippen molar-refractivity contribution in [3.8, 4) is 0 Å². The molecular formula is C23H25N5O2S. The van der Waals surface area contributed by atoms with Gasteiger partial charge in [-0.15, -0.1) is 10.2 Å². The molecule has 2 aromatic carbocycles. The van der Waals surface area contributed by atoms with Crippen LogP contribution in [0.1, 0.15) is 31.7 Å². The van der Waals surface area contributed by atoms with Crippen molar-refractivity contribution in [2.45, 2.75) is 37.9 Å². The first-order valence-corrected chi connectivity index (χ1v) is 11.5. The van der Waals surface area contributed by atoms with Crippen LogP contribution in [0.25, 0.3) is 16.7 Å². The molecule has 0 bridgehead atoms. The van der Waals surface area contributed by atoms with Crippen LogP contribution in [-0.4, -0.2) is 37.4 Å². The van der Waals surface area contributed by atoms with Crippen LogP contribution in [-0.2, 0) is 11.3 Å². The minimum absolute atomic E-state index is 0.0280. The molecule has 1 amide bonds. The molecule has 2 aromatic heterocycles. The van der Waals surface area contributed by atoms with E-state index >= 15 is 0 Å². The molecule has 31 heavy (non-hydrogen) atoms. The highest BCUT2D eigenvalue weighted by Crippen LogP contribution is 2.22. The summed E-state index contributed by atoms with van der Waals surface area (Å²) < 4.78 is 3.51. The van der Waals surface area contributed by atoms with Gasteiger partial charge in [-0.05, 0) is 24.1 Å². The fourth-order valence-electron chi connectivity index (χ4n) is 3.52. The smallest absolute Gasteiger partial charge is 0.263 e. The maximum Gasteiger partial charge on any atom is 0.263 e. The maximum absolute atomic E-state index is 13.2. The van der Waals surface area contributed by atoms with Gasteiger partial charge in [0.25, 0.3) is 5.56 Å². The lowest BCUT2D eigenvalue weighted by Gasteiger charge is -2.11. The number of unbranched alkanes of at least 4 members (excludes halogenated alkanes) is 2. The summed E-state index contributed by atoms with van der Waals surface area (Å²) in [4.78, 5) is 25.4. The Kier molecular flexibility index (Phi) is 6.66. The molecule has 0 saturated heterocycles. The Morgan fingerprint density at radius 1 is 1.03 bits per heavy atom. The molecule has 0 unspecified atom stereocenters. The van der Waals surface area contributed by atoms with Crippen LogP contribution >= 0.6 is 11.8 Å². The Bertz CT molecular complexity index is 1250. The highest BCUT2D eigenvalue weighted by atomic mass is 32.2. The van der Waals surface area contributed by atoms with Crippen molar-refractivity contribution in [3.05, 3.63) is 70.5 Å². The fraction of sp³-hybridized carbons (Fsp3) is 0.304. The first-order chi connectivity index (χ1) is 15.2. The number of benzene rings is 2. The highest BCUT2D eigenvalue weighted by Gasteiger charge is 2.17.